The van der Waals surface area contributed by atoms with E-state index in [4.69, 9.17) is 14.7 Å². The van der Waals surface area contributed by atoms with Crippen LogP contribution in [0.5, 0.6) is 11.5 Å². The van der Waals surface area contributed by atoms with Gasteiger partial charge in [-0.3, -0.25) is 0 Å². The van der Waals surface area contributed by atoms with Gasteiger partial charge < -0.3 is 10.1 Å². The number of nitrogens with zero attached hydrogens (tertiary/aromatic N) is 2. The fourth-order valence-corrected chi connectivity index (χ4v) is 7.25. The fourth-order valence-electron chi connectivity index (χ4n) is 6.25. The van der Waals surface area contributed by atoms with Crippen LogP contribution in [0.25, 0.3) is 32.3 Å². The van der Waals surface area contributed by atoms with Crippen LogP contribution in [0.4, 0.5) is 0 Å². The highest BCUT2D eigenvalue weighted by Crippen LogP contribution is 2.47. The van der Waals surface area contributed by atoms with Crippen LogP contribution in [-0.2, 0) is 0 Å². The summed E-state index contributed by atoms with van der Waals surface area (Å²) < 4.78 is 6.20. The first-order valence-corrected chi connectivity index (χ1v) is 15.5. The average molecular weight is 584 g/mol. The third-order valence-electron chi connectivity index (χ3n) is 8.36. The van der Waals surface area contributed by atoms with Crippen molar-refractivity contribution in [3.05, 3.63) is 156 Å². The maximum Gasteiger partial charge on any atom is 0.169 e. The number of hydrogen-bond donors (Lipinski definition) is 1. The molecule has 0 fully saturated rings. The van der Waals surface area contributed by atoms with E-state index >= 15 is 0 Å². The highest BCUT2D eigenvalue weighted by Gasteiger charge is 2.24. The van der Waals surface area contributed by atoms with Gasteiger partial charge in [-0.05, 0) is 68.2 Å². The van der Waals surface area contributed by atoms with Crippen molar-refractivity contribution in [2.24, 2.45) is 9.98 Å². The summed E-state index contributed by atoms with van der Waals surface area (Å²) in [4.78, 5) is 12.5. The third-order valence-corrected chi connectivity index (χ3v) is 9.46. The van der Waals surface area contributed by atoms with Gasteiger partial charge in [0.15, 0.2) is 6.17 Å². The van der Waals surface area contributed by atoms with Crippen LogP contribution in [0.15, 0.2) is 159 Å². The van der Waals surface area contributed by atoms with Crippen molar-refractivity contribution in [3.63, 3.8) is 0 Å². The summed E-state index contributed by atoms with van der Waals surface area (Å²) in [7, 11) is 0. The zero-order valence-corrected chi connectivity index (χ0v) is 24.4. The minimum atomic E-state index is -0.409. The van der Waals surface area contributed by atoms with Crippen molar-refractivity contribution in [3.8, 4) is 11.5 Å². The first-order chi connectivity index (χ1) is 21.8. The van der Waals surface area contributed by atoms with Crippen LogP contribution in [0, 0.1) is 0 Å². The topological polar surface area (TPSA) is 46.0 Å². The van der Waals surface area contributed by atoms with E-state index in [-0.39, 0.29) is 0 Å². The van der Waals surface area contributed by atoms with E-state index in [1.165, 1.54) is 32.3 Å². The quantitative estimate of drug-likeness (QED) is 0.211. The van der Waals surface area contributed by atoms with Gasteiger partial charge in [0.05, 0.1) is 9.79 Å². The molecule has 1 N–H and O–H groups in total. The number of aliphatic imine (C=N–C) groups is 2. The molecule has 44 heavy (non-hydrogen) atoms. The molecule has 0 radical (unpaired) electrons. The number of fused-ring (bicyclic) bond motifs is 8. The number of benzene rings is 7. The number of amidine groups is 2. The molecule has 0 amide bonds. The Labute approximate surface area is 258 Å². The second-order valence-electron chi connectivity index (χ2n) is 11.0. The molecule has 0 spiro atoms. The minimum Gasteiger partial charge on any atom is -0.455 e. The number of rotatable bonds is 3. The Morgan fingerprint density at radius 2 is 1.07 bits per heavy atom. The summed E-state index contributed by atoms with van der Waals surface area (Å²) in [5.41, 5.74) is 3.06. The second kappa shape index (κ2) is 10.1. The summed E-state index contributed by atoms with van der Waals surface area (Å²) in [6.07, 6.45) is -0.409. The van der Waals surface area contributed by atoms with Crippen LogP contribution >= 0.6 is 11.8 Å². The van der Waals surface area contributed by atoms with Crippen LogP contribution in [-0.4, -0.2) is 11.7 Å². The van der Waals surface area contributed by atoms with E-state index in [1.807, 2.05) is 42.5 Å². The third kappa shape index (κ3) is 4.16. The lowest BCUT2D eigenvalue weighted by Gasteiger charge is -2.24. The molecule has 2 aliphatic heterocycles. The Kier molecular flexibility index (Phi) is 5.78. The standard InChI is InChI=1S/C39H25N3OS/c1-2-10-24(11-3-1)37-40-38(42-39(41-37)26-19-21-34-36(23-26)44-35-17-9-8-16-33(35)43-34)25-18-20-31-29-14-5-4-12-27(29)28-13-6-7-15-30(28)32(31)22-25/h1-23,39H,(H,40,41,42). The highest BCUT2D eigenvalue weighted by molar-refractivity contribution is 7.99. The Morgan fingerprint density at radius 1 is 0.477 bits per heavy atom. The molecule has 1 unspecified atom stereocenters. The van der Waals surface area contributed by atoms with Gasteiger partial charge in [0.2, 0.25) is 0 Å². The zero-order valence-electron chi connectivity index (χ0n) is 23.6. The molecule has 0 bridgehead atoms. The Bertz CT molecular complexity index is 2290. The molecule has 7 aromatic carbocycles. The normalized spacial score (nSPS) is 15.6. The van der Waals surface area contributed by atoms with Crippen molar-refractivity contribution < 1.29 is 4.74 Å². The SMILES string of the molecule is c1ccc(C2=NC(c3ccc4c(c3)Sc3ccccc3O4)N=C(c3ccc4c5ccccc5c5ccccc5c4c3)N2)cc1. The molecule has 7 aromatic rings. The molecule has 4 nitrogen and oxygen atoms in total. The predicted molar refractivity (Wildman–Crippen MR) is 181 cm³/mol. The van der Waals surface area contributed by atoms with E-state index < -0.39 is 6.17 Å². The molecule has 0 aliphatic carbocycles. The van der Waals surface area contributed by atoms with Crippen molar-refractivity contribution in [1.29, 1.82) is 0 Å². The predicted octanol–water partition coefficient (Wildman–Crippen LogP) is 9.90. The Morgan fingerprint density at radius 3 is 1.82 bits per heavy atom. The lowest BCUT2D eigenvalue weighted by molar-refractivity contribution is 0.454. The average Bonchev–Trinajstić information content (AvgIpc) is 3.10. The van der Waals surface area contributed by atoms with Gasteiger partial charge in [-0.25, -0.2) is 9.98 Å². The molecule has 2 heterocycles. The van der Waals surface area contributed by atoms with Crippen molar-refractivity contribution in [2.75, 3.05) is 0 Å². The smallest absolute Gasteiger partial charge is 0.169 e. The molecular weight excluding hydrogens is 559 g/mol. The van der Waals surface area contributed by atoms with Crippen LogP contribution in [0.3, 0.4) is 0 Å². The summed E-state index contributed by atoms with van der Waals surface area (Å²) in [6.45, 7) is 0. The van der Waals surface area contributed by atoms with E-state index in [0.29, 0.717) is 0 Å². The van der Waals surface area contributed by atoms with Crippen LogP contribution in [0.1, 0.15) is 22.9 Å². The van der Waals surface area contributed by atoms with E-state index in [2.05, 4.69) is 102 Å². The van der Waals surface area contributed by atoms with Crippen LogP contribution in [0.2, 0.25) is 0 Å². The van der Waals surface area contributed by atoms with Gasteiger partial charge in [-0.2, -0.15) is 0 Å². The van der Waals surface area contributed by atoms with E-state index in [9.17, 15) is 0 Å². The molecule has 208 valence electrons. The van der Waals surface area contributed by atoms with Crippen LogP contribution < -0.4 is 10.1 Å². The number of para-hydroxylation sites is 1. The zero-order chi connectivity index (χ0) is 29.0. The van der Waals surface area contributed by atoms with Crippen molar-refractivity contribution in [1.82, 2.24) is 5.32 Å². The molecule has 0 aromatic heterocycles. The molecule has 5 heteroatoms. The minimum absolute atomic E-state index is 0.409. The van der Waals surface area contributed by atoms with Crippen molar-refractivity contribution >= 4 is 55.8 Å². The van der Waals surface area contributed by atoms with Gasteiger partial charge >= 0.3 is 0 Å². The second-order valence-corrected chi connectivity index (χ2v) is 12.1. The monoisotopic (exact) mass is 583 g/mol. The number of ether oxygens (including phenoxy) is 1. The fraction of sp³-hybridized carbons (Fsp3) is 0.0256. The number of hydrogen-bond acceptors (Lipinski definition) is 5. The Balaban J connectivity index is 1.19. The molecule has 2 aliphatic rings. The molecule has 0 saturated carbocycles. The van der Waals surface area contributed by atoms with Gasteiger partial charge in [0, 0.05) is 11.1 Å². The lowest BCUT2D eigenvalue weighted by Crippen LogP contribution is -2.36. The summed E-state index contributed by atoms with van der Waals surface area (Å²) in [5, 5.41) is 11.0. The molecular formula is C39H25N3OS. The van der Waals surface area contributed by atoms with E-state index in [0.717, 1.165) is 49.7 Å². The maximum absolute atomic E-state index is 6.20. The summed E-state index contributed by atoms with van der Waals surface area (Å²) in [6, 6.07) is 48.7. The lowest BCUT2D eigenvalue weighted by atomic mass is 9.93. The molecule has 9 rings (SSSR count). The van der Waals surface area contributed by atoms with Crippen molar-refractivity contribution in [2.45, 2.75) is 16.0 Å². The Hall–Kier alpha value is -5.39. The maximum atomic E-state index is 6.20. The van der Waals surface area contributed by atoms with Gasteiger partial charge in [-0.15, -0.1) is 0 Å². The number of nitrogens with one attached hydrogen (secondary N) is 1. The van der Waals surface area contributed by atoms with E-state index in [1.54, 1.807) is 11.8 Å². The van der Waals surface area contributed by atoms with Gasteiger partial charge in [0.1, 0.15) is 23.2 Å². The molecule has 1 atom stereocenters. The first kappa shape index (κ1) is 25.1. The largest absolute Gasteiger partial charge is 0.455 e. The summed E-state index contributed by atoms with van der Waals surface area (Å²) >= 11 is 1.72. The first-order valence-electron chi connectivity index (χ1n) is 14.7. The van der Waals surface area contributed by atoms with Gasteiger partial charge in [-0.1, -0.05) is 121 Å². The molecule has 0 saturated heterocycles. The highest BCUT2D eigenvalue weighted by atomic mass is 32.2. The summed E-state index contributed by atoms with van der Waals surface area (Å²) in [5.74, 6) is 3.35. The van der Waals surface area contributed by atoms with Gasteiger partial charge in [0.25, 0.3) is 0 Å².